The van der Waals surface area contributed by atoms with Gasteiger partial charge in [0.2, 0.25) is 5.91 Å². The van der Waals surface area contributed by atoms with Crippen LogP contribution in [0.2, 0.25) is 0 Å². The van der Waals surface area contributed by atoms with Crippen molar-refractivity contribution in [1.82, 2.24) is 4.90 Å². The normalized spacial score (nSPS) is 18.2. The van der Waals surface area contributed by atoms with Gasteiger partial charge in [0.1, 0.15) is 0 Å². The Balaban J connectivity index is 1.91. The van der Waals surface area contributed by atoms with Crippen molar-refractivity contribution in [2.45, 2.75) is 19.4 Å². The molecule has 0 saturated carbocycles. The van der Waals surface area contributed by atoms with E-state index in [0.717, 1.165) is 29.9 Å². The summed E-state index contributed by atoms with van der Waals surface area (Å²) in [5.74, 6) is 6.04. The largest absolute Gasteiger partial charge is 0.381 e. The lowest BCUT2D eigenvalue weighted by Crippen LogP contribution is -2.36. The van der Waals surface area contributed by atoms with Crippen LogP contribution in [0, 0.1) is 17.8 Å². The Morgan fingerprint density at radius 2 is 2.50 bits per heavy atom. The van der Waals surface area contributed by atoms with Crippen LogP contribution in [0.3, 0.4) is 0 Å². The molecule has 4 nitrogen and oxygen atoms in total. The molecule has 1 aromatic heterocycles. The molecular formula is C15H20N2O2S. The molecule has 0 aromatic carbocycles. The number of nitrogens with two attached hydrogens (primary N) is 1. The molecule has 1 fully saturated rings. The van der Waals surface area contributed by atoms with E-state index in [0.29, 0.717) is 19.7 Å². The Morgan fingerprint density at radius 1 is 1.65 bits per heavy atom. The number of hydrogen-bond donors (Lipinski definition) is 1. The Bertz CT molecular complexity index is 509. The van der Waals surface area contributed by atoms with E-state index in [4.69, 9.17) is 10.5 Å². The first-order chi connectivity index (χ1) is 9.70. The highest BCUT2D eigenvalue weighted by atomic mass is 32.1. The molecule has 2 N–H and O–H groups in total. The summed E-state index contributed by atoms with van der Waals surface area (Å²) in [4.78, 5) is 15.1. The van der Waals surface area contributed by atoms with Gasteiger partial charge in [-0.2, -0.15) is 0 Å². The third-order valence-electron chi connectivity index (χ3n) is 3.27. The van der Waals surface area contributed by atoms with Crippen LogP contribution in [0.25, 0.3) is 0 Å². The molecule has 2 heterocycles. The van der Waals surface area contributed by atoms with Gasteiger partial charge >= 0.3 is 0 Å². The third kappa shape index (κ3) is 4.07. The Kier molecular flexibility index (Phi) is 5.60. The number of nitrogens with zero attached hydrogens (tertiary/aromatic N) is 1. The van der Waals surface area contributed by atoms with Crippen molar-refractivity contribution in [2.24, 2.45) is 11.7 Å². The molecular weight excluding hydrogens is 272 g/mol. The van der Waals surface area contributed by atoms with Gasteiger partial charge in [0, 0.05) is 20.2 Å². The van der Waals surface area contributed by atoms with Gasteiger partial charge in [-0.25, -0.2) is 0 Å². The number of rotatable bonds is 3. The Labute approximate surface area is 123 Å². The van der Waals surface area contributed by atoms with Gasteiger partial charge in [0.25, 0.3) is 0 Å². The van der Waals surface area contributed by atoms with Crippen molar-refractivity contribution in [3.05, 3.63) is 21.9 Å². The molecule has 1 saturated heterocycles. The second-order valence-corrected chi connectivity index (χ2v) is 5.84. The molecule has 1 atom stereocenters. The van der Waals surface area contributed by atoms with Crippen LogP contribution in [-0.2, 0) is 16.1 Å². The lowest BCUT2D eigenvalue weighted by atomic mass is 10.0. The maximum Gasteiger partial charge on any atom is 0.228 e. The van der Waals surface area contributed by atoms with Gasteiger partial charge < -0.3 is 15.4 Å². The fourth-order valence-corrected chi connectivity index (χ4v) is 3.03. The van der Waals surface area contributed by atoms with Gasteiger partial charge in [-0.15, -0.1) is 11.3 Å². The van der Waals surface area contributed by atoms with Crippen LogP contribution < -0.4 is 5.73 Å². The first kappa shape index (κ1) is 15.0. The lowest BCUT2D eigenvalue weighted by molar-refractivity contribution is -0.138. The highest BCUT2D eigenvalue weighted by Gasteiger charge is 2.24. The van der Waals surface area contributed by atoms with E-state index in [-0.39, 0.29) is 11.8 Å². The fraction of sp³-hybridized carbons (Fsp3) is 0.533. The summed E-state index contributed by atoms with van der Waals surface area (Å²) >= 11 is 1.59. The van der Waals surface area contributed by atoms with Crippen LogP contribution in [0.5, 0.6) is 0 Å². The lowest BCUT2D eigenvalue weighted by Gasteiger charge is -2.26. The summed E-state index contributed by atoms with van der Waals surface area (Å²) in [6, 6.07) is 2.02. The highest BCUT2D eigenvalue weighted by Crippen LogP contribution is 2.19. The number of carbonyl (C=O) groups excluding carboxylic acids is 1. The van der Waals surface area contributed by atoms with Gasteiger partial charge in [0.05, 0.1) is 23.9 Å². The van der Waals surface area contributed by atoms with E-state index in [1.165, 1.54) is 0 Å². The number of amides is 1. The van der Waals surface area contributed by atoms with Gasteiger partial charge in [-0.1, -0.05) is 11.8 Å². The second-order valence-electron chi connectivity index (χ2n) is 4.93. The monoisotopic (exact) mass is 292 g/mol. The average molecular weight is 292 g/mol. The van der Waals surface area contributed by atoms with Gasteiger partial charge in [-0.05, 0) is 29.9 Å². The van der Waals surface area contributed by atoms with Crippen molar-refractivity contribution in [3.8, 4) is 11.8 Å². The van der Waals surface area contributed by atoms with E-state index in [2.05, 4.69) is 11.8 Å². The molecule has 2 rings (SSSR count). The summed E-state index contributed by atoms with van der Waals surface area (Å²) in [5.41, 5.74) is 6.47. The Morgan fingerprint density at radius 3 is 3.20 bits per heavy atom. The number of hydrogen-bond acceptors (Lipinski definition) is 4. The minimum Gasteiger partial charge on any atom is -0.381 e. The molecule has 0 radical (unpaired) electrons. The number of thiophene rings is 1. The first-order valence-corrected chi connectivity index (χ1v) is 7.67. The van der Waals surface area contributed by atoms with Crippen molar-refractivity contribution in [2.75, 3.05) is 26.8 Å². The SMILES string of the molecule is CN(Cc1csc(C#CCN)c1)C(=O)C1CCCOC1. The number of ether oxygens (including phenoxy) is 1. The van der Waals surface area contributed by atoms with E-state index < -0.39 is 0 Å². The Hall–Kier alpha value is -1.35. The first-order valence-electron chi connectivity index (χ1n) is 6.79. The molecule has 20 heavy (non-hydrogen) atoms. The third-order valence-corrected chi connectivity index (χ3v) is 4.17. The van der Waals surface area contributed by atoms with Crippen molar-refractivity contribution in [1.29, 1.82) is 0 Å². The van der Waals surface area contributed by atoms with Crippen molar-refractivity contribution >= 4 is 17.2 Å². The predicted molar refractivity (Wildman–Crippen MR) is 80.3 cm³/mol. The van der Waals surface area contributed by atoms with Crippen molar-refractivity contribution in [3.63, 3.8) is 0 Å². The highest BCUT2D eigenvalue weighted by molar-refractivity contribution is 7.10. The molecule has 5 heteroatoms. The summed E-state index contributed by atoms with van der Waals surface area (Å²) in [5, 5.41) is 2.04. The second kappa shape index (κ2) is 7.44. The zero-order chi connectivity index (χ0) is 14.4. The molecule has 1 amide bonds. The van der Waals surface area contributed by atoms with Crippen LogP contribution in [0.15, 0.2) is 11.4 Å². The zero-order valence-corrected chi connectivity index (χ0v) is 12.5. The van der Waals surface area contributed by atoms with E-state index in [1.54, 1.807) is 16.2 Å². The van der Waals surface area contributed by atoms with Crippen LogP contribution >= 0.6 is 11.3 Å². The van der Waals surface area contributed by atoms with Crippen molar-refractivity contribution < 1.29 is 9.53 Å². The van der Waals surface area contributed by atoms with E-state index >= 15 is 0 Å². The fourth-order valence-electron chi connectivity index (χ4n) is 2.26. The smallest absolute Gasteiger partial charge is 0.228 e. The minimum absolute atomic E-state index is 0.0175. The minimum atomic E-state index is 0.0175. The molecule has 1 aromatic rings. The maximum atomic E-state index is 12.3. The van der Waals surface area contributed by atoms with Gasteiger partial charge in [-0.3, -0.25) is 4.79 Å². The summed E-state index contributed by atoms with van der Waals surface area (Å²) in [7, 11) is 1.85. The van der Waals surface area contributed by atoms with E-state index in [9.17, 15) is 4.79 Å². The quantitative estimate of drug-likeness (QED) is 0.858. The topological polar surface area (TPSA) is 55.6 Å². The number of carbonyl (C=O) groups is 1. The predicted octanol–water partition coefficient (Wildman–Crippen LogP) is 1.44. The standard InChI is InChI=1S/C15H20N2O2S/c1-17(15(18)13-4-3-7-19-10-13)9-12-8-14(20-11-12)5-2-6-16/h8,11,13H,3-4,6-7,9-10,16H2,1H3. The van der Waals surface area contributed by atoms with Gasteiger partial charge in [0.15, 0.2) is 0 Å². The molecule has 0 aliphatic carbocycles. The summed E-state index contributed by atoms with van der Waals surface area (Å²) in [6.45, 7) is 2.32. The summed E-state index contributed by atoms with van der Waals surface area (Å²) < 4.78 is 5.38. The summed E-state index contributed by atoms with van der Waals surface area (Å²) in [6.07, 6.45) is 1.90. The van der Waals surface area contributed by atoms with Crippen LogP contribution in [0.1, 0.15) is 23.3 Å². The van der Waals surface area contributed by atoms with Crippen LogP contribution in [0.4, 0.5) is 0 Å². The molecule has 0 bridgehead atoms. The molecule has 1 unspecified atom stereocenters. The maximum absolute atomic E-state index is 12.3. The molecule has 0 spiro atoms. The molecule has 108 valence electrons. The molecule has 1 aliphatic rings. The van der Waals surface area contributed by atoms with E-state index in [1.807, 2.05) is 18.5 Å². The zero-order valence-electron chi connectivity index (χ0n) is 11.7. The van der Waals surface area contributed by atoms with Crippen LogP contribution in [-0.4, -0.2) is 37.6 Å². The molecule has 1 aliphatic heterocycles. The average Bonchev–Trinajstić information content (AvgIpc) is 2.92.